The van der Waals surface area contributed by atoms with Crippen molar-refractivity contribution < 1.29 is 13.6 Å². The fourth-order valence-electron chi connectivity index (χ4n) is 3.20. The zero-order valence-electron chi connectivity index (χ0n) is 15.5. The van der Waals surface area contributed by atoms with Gasteiger partial charge in [-0.2, -0.15) is 0 Å². The molecule has 0 aliphatic rings. The monoisotopic (exact) mass is 410 g/mol. The molecule has 1 aromatic heterocycles. The SMILES string of the molecule is CCn1c(SCC(=O)c2cc(F)ccc2F)nc2cc3ccccc3cc2c1=O. The number of aromatic nitrogens is 2. The normalized spacial score (nSPS) is 11.3. The van der Waals surface area contributed by atoms with Crippen LogP contribution in [-0.2, 0) is 6.54 Å². The van der Waals surface area contributed by atoms with Gasteiger partial charge in [-0.1, -0.05) is 36.0 Å². The van der Waals surface area contributed by atoms with E-state index in [1.54, 1.807) is 0 Å². The minimum atomic E-state index is -0.775. The zero-order valence-corrected chi connectivity index (χ0v) is 16.3. The number of halogens is 2. The summed E-state index contributed by atoms with van der Waals surface area (Å²) in [5.41, 5.74) is 0.0232. The number of hydrogen-bond donors (Lipinski definition) is 0. The molecule has 0 aliphatic heterocycles. The number of nitrogens with zero attached hydrogens (tertiary/aromatic N) is 2. The van der Waals surface area contributed by atoms with Gasteiger partial charge in [0, 0.05) is 6.54 Å². The van der Waals surface area contributed by atoms with E-state index in [9.17, 15) is 18.4 Å². The van der Waals surface area contributed by atoms with Crippen LogP contribution in [-0.4, -0.2) is 21.1 Å². The van der Waals surface area contributed by atoms with Crippen LogP contribution in [0.3, 0.4) is 0 Å². The summed E-state index contributed by atoms with van der Waals surface area (Å²) in [5.74, 6) is -2.18. The number of carbonyl (C=O) groups excluding carboxylic acids is 1. The first-order valence-electron chi connectivity index (χ1n) is 9.02. The number of fused-ring (bicyclic) bond motifs is 2. The predicted octanol–water partition coefficient (Wildman–Crippen LogP) is 4.82. The third kappa shape index (κ3) is 3.65. The fraction of sp³-hybridized carbons (Fsp3) is 0.136. The number of rotatable bonds is 5. The van der Waals surface area contributed by atoms with Crippen molar-refractivity contribution in [2.45, 2.75) is 18.6 Å². The highest BCUT2D eigenvalue weighted by atomic mass is 32.2. The predicted molar refractivity (Wildman–Crippen MR) is 111 cm³/mol. The van der Waals surface area contributed by atoms with Crippen LogP contribution in [0, 0.1) is 11.6 Å². The van der Waals surface area contributed by atoms with Crippen molar-refractivity contribution in [1.29, 1.82) is 0 Å². The second-order valence-electron chi connectivity index (χ2n) is 6.50. The van der Waals surface area contributed by atoms with E-state index >= 15 is 0 Å². The van der Waals surface area contributed by atoms with Crippen LogP contribution in [0.5, 0.6) is 0 Å². The van der Waals surface area contributed by atoms with Gasteiger partial charge in [0.05, 0.1) is 22.2 Å². The van der Waals surface area contributed by atoms with Crippen molar-refractivity contribution in [3.8, 4) is 0 Å². The standard InChI is InChI=1S/C22H16F2N2O2S/c1-2-26-21(28)17-9-13-5-3-4-6-14(13)10-19(17)25-22(26)29-12-20(27)16-11-15(23)7-8-18(16)24/h3-11H,2,12H2,1H3. The number of hydrogen-bond acceptors (Lipinski definition) is 4. The van der Waals surface area contributed by atoms with Crippen LogP contribution in [0.15, 0.2) is 64.5 Å². The third-order valence-electron chi connectivity index (χ3n) is 4.66. The molecule has 0 aliphatic carbocycles. The largest absolute Gasteiger partial charge is 0.293 e. The van der Waals surface area contributed by atoms with Gasteiger partial charge < -0.3 is 0 Å². The lowest BCUT2D eigenvalue weighted by molar-refractivity contribution is 0.101. The van der Waals surface area contributed by atoms with Gasteiger partial charge >= 0.3 is 0 Å². The van der Waals surface area contributed by atoms with Crippen molar-refractivity contribution in [2.75, 3.05) is 5.75 Å². The summed E-state index contributed by atoms with van der Waals surface area (Å²) < 4.78 is 28.7. The molecule has 0 amide bonds. The Hall–Kier alpha value is -3.06. The molecule has 4 nitrogen and oxygen atoms in total. The van der Waals surface area contributed by atoms with E-state index in [1.807, 2.05) is 43.3 Å². The van der Waals surface area contributed by atoms with Crippen LogP contribution in [0.4, 0.5) is 8.78 Å². The maximum absolute atomic E-state index is 13.8. The fourth-order valence-corrected chi connectivity index (χ4v) is 4.14. The highest BCUT2D eigenvalue weighted by molar-refractivity contribution is 7.99. The minimum absolute atomic E-state index is 0.161. The minimum Gasteiger partial charge on any atom is -0.293 e. The van der Waals surface area contributed by atoms with Gasteiger partial charge in [0.2, 0.25) is 0 Å². The average Bonchev–Trinajstić information content (AvgIpc) is 2.72. The zero-order chi connectivity index (χ0) is 20.5. The molecular formula is C22H16F2N2O2S. The van der Waals surface area contributed by atoms with Gasteiger partial charge in [0.15, 0.2) is 10.9 Å². The Kier molecular flexibility index (Phi) is 5.15. The molecule has 0 fully saturated rings. The Bertz CT molecular complexity index is 1320. The molecule has 3 aromatic carbocycles. The Morgan fingerprint density at radius 2 is 1.79 bits per heavy atom. The quantitative estimate of drug-likeness (QED) is 0.205. The summed E-state index contributed by atoms with van der Waals surface area (Å²) in [6.45, 7) is 2.19. The molecule has 29 heavy (non-hydrogen) atoms. The molecule has 0 atom stereocenters. The lowest BCUT2D eigenvalue weighted by atomic mass is 10.1. The molecule has 0 bridgehead atoms. The van der Waals surface area contributed by atoms with Gasteiger partial charge in [-0.3, -0.25) is 14.2 Å². The van der Waals surface area contributed by atoms with Gasteiger partial charge in [-0.25, -0.2) is 13.8 Å². The number of carbonyl (C=O) groups is 1. The molecule has 1 heterocycles. The van der Waals surface area contributed by atoms with Gasteiger partial charge in [-0.15, -0.1) is 0 Å². The summed E-state index contributed by atoms with van der Waals surface area (Å²) in [5, 5.41) is 2.76. The highest BCUT2D eigenvalue weighted by Gasteiger charge is 2.16. The topological polar surface area (TPSA) is 52.0 Å². The van der Waals surface area contributed by atoms with E-state index in [4.69, 9.17) is 0 Å². The average molecular weight is 410 g/mol. The Morgan fingerprint density at radius 1 is 1.07 bits per heavy atom. The van der Waals surface area contributed by atoms with Crippen molar-refractivity contribution in [1.82, 2.24) is 9.55 Å². The van der Waals surface area contributed by atoms with Crippen LogP contribution >= 0.6 is 11.8 Å². The summed E-state index contributed by atoms with van der Waals surface area (Å²) in [4.78, 5) is 29.9. The van der Waals surface area contributed by atoms with Crippen LogP contribution in [0.2, 0.25) is 0 Å². The summed E-state index contributed by atoms with van der Waals surface area (Å²) in [6, 6.07) is 14.1. The van der Waals surface area contributed by atoms with Crippen molar-refractivity contribution in [2.24, 2.45) is 0 Å². The van der Waals surface area contributed by atoms with Gasteiger partial charge in [0.1, 0.15) is 11.6 Å². The van der Waals surface area contributed by atoms with E-state index < -0.39 is 17.4 Å². The molecule has 7 heteroatoms. The third-order valence-corrected chi connectivity index (χ3v) is 5.64. The highest BCUT2D eigenvalue weighted by Crippen LogP contribution is 2.24. The first-order chi connectivity index (χ1) is 14.0. The Balaban J connectivity index is 1.73. The Labute approximate surface area is 169 Å². The molecule has 0 saturated carbocycles. The van der Waals surface area contributed by atoms with Crippen LogP contribution < -0.4 is 5.56 Å². The summed E-state index contributed by atoms with van der Waals surface area (Å²) >= 11 is 1.04. The van der Waals surface area contributed by atoms with Gasteiger partial charge in [0.25, 0.3) is 5.56 Å². The van der Waals surface area contributed by atoms with E-state index in [1.165, 1.54) is 4.57 Å². The van der Waals surface area contributed by atoms with Crippen molar-refractivity contribution >= 4 is 39.2 Å². The molecule has 0 spiro atoms. The molecule has 146 valence electrons. The molecule has 0 saturated heterocycles. The number of thioether (sulfide) groups is 1. The number of ketones is 1. The number of Topliss-reactive ketones (excluding diaryl/α,β-unsaturated/α-hetero) is 1. The summed E-state index contributed by atoms with van der Waals surface area (Å²) in [7, 11) is 0. The van der Waals surface area contributed by atoms with E-state index in [0.717, 1.165) is 40.7 Å². The van der Waals surface area contributed by atoms with E-state index in [-0.39, 0.29) is 16.9 Å². The molecule has 4 aromatic rings. The molecule has 0 N–H and O–H groups in total. The number of benzene rings is 3. The van der Waals surface area contributed by atoms with Crippen molar-refractivity contribution in [3.63, 3.8) is 0 Å². The molecular weight excluding hydrogens is 394 g/mol. The lowest BCUT2D eigenvalue weighted by Crippen LogP contribution is -2.23. The second kappa shape index (κ2) is 7.75. The summed E-state index contributed by atoms with van der Waals surface area (Å²) in [6.07, 6.45) is 0. The van der Waals surface area contributed by atoms with Crippen LogP contribution in [0.1, 0.15) is 17.3 Å². The smallest absolute Gasteiger partial charge is 0.262 e. The molecule has 4 rings (SSSR count). The maximum Gasteiger partial charge on any atom is 0.262 e. The first kappa shape index (κ1) is 19.3. The van der Waals surface area contributed by atoms with Crippen molar-refractivity contribution in [3.05, 3.63) is 82.1 Å². The second-order valence-corrected chi connectivity index (χ2v) is 7.44. The maximum atomic E-state index is 13.8. The molecule has 0 unspecified atom stereocenters. The van der Waals surface area contributed by atoms with E-state index in [2.05, 4.69) is 4.98 Å². The van der Waals surface area contributed by atoms with Crippen LogP contribution in [0.25, 0.3) is 21.7 Å². The Morgan fingerprint density at radius 3 is 2.52 bits per heavy atom. The van der Waals surface area contributed by atoms with E-state index in [0.29, 0.717) is 22.6 Å². The lowest BCUT2D eigenvalue weighted by Gasteiger charge is -2.12. The first-order valence-corrected chi connectivity index (χ1v) is 10.0. The van der Waals surface area contributed by atoms with Gasteiger partial charge in [-0.05, 0) is 48.0 Å². The molecule has 0 radical (unpaired) electrons.